The van der Waals surface area contributed by atoms with Gasteiger partial charge in [-0.1, -0.05) is 32.4 Å². The van der Waals surface area contributed by atoms with Gasteiger partial charge in [0.2, 0.25) is 0 Å². The molecular formula is C16H17ClN2. The van der Waals surface area contributed by atoms with Crippen LogP contribution in [0.2, 0.25) is 5.02 Å². The van der Waals surface area contributed by atoms with Gasteiger partial charge in [-0.05, 0) is 36.5 Å². The van der Waals surface area contributed by atoms with Crippen LogP contribution in [0, 0.1) is 5.41 Å². The average Bonchev–Trinajstić information content (AvgIpc) is 2.67. The third-order valence-electron chi connectivity index (χ3n) is 5.73. The Morgan fingerprint density at radius 2 is 1.95 bits per heavy atom. The standard InChI is InChI=1S/C16H17ClN2/c1-15(2)10-6-7-16(15,3)14-13(10)18-12-8-9(17)4-5-11(12)19-14/h4-5,8,10H,6-7H2,1-3H3/t10-,16-/m0/s1. The van der Waals surface area contributed by atoms with Gasteiger partial charge in [0.15, 0.2) is 0 Å². The molecule has 19 heavy (non-hydrogen) atoms. The second-order valence-corrected chi connectivity index (χ2v) is 7.17. The lowest BCUT2D eigenvalue weighted by Crippen LogP contribution is -2.31. The molecule has 1 saturated carbocycles. The van der Waals surface area contributed by atoms with Gasteiger partial charge >= 0.3 is 0 Å². The Bertz CT molecular complexity index is 707. The molecule has 0 unspecified atom stereocenters. The Hall–Kier alpha value is -1.15. The summed E-state index contributed by atoms with van der Waals surface area (Å²) in [7, 11) is 0. The monoisotopic (exact) mass is 272 g/mol. The first-order chi connectivity index (χ1) is 8.93. The molecule has 98 valence electrons. The highest BCUT2D eigenvalue weighted by atomic mass is 35.5. The zero-order valence-electron chi connectivity index (χ0n) is 11.5. The van der Waals surface area contributed by atoms with E-state index < -0.39 is 0 Å². The van der Waals surface area contributed by atoms with Crippen molar-refractivity contribution in [2.75, 3.05) is 0 Å². The molecule has 2 aliphatic rings. The first-order valence-electron chi connectivity index (χ1n) is 6.91. The maximum atomic E-state index is 6.06. The molecule has 0 saturated heterocycles. The van der Waals surface area contributed by atoms with Crippen molar-refractivity contribution < 1.29 is 0 Å². The largest absolute Gasteiger partial charge is 0.249 e. The summed E-state index contributed by atoms with van der Waals surface area (Å²) < 4.78 is 0. The van der Waals surface area contributed by atoms with E-state index in [0.717, 1.165) is 16.1 Å². The van der Waals surface area contributed by atoms with E-state index in [0.29, 0.717) is 5.92 Å². The first-order valence-corrected chi connectivity index (χ1v) is 7.29. The first kappa shape index (κ1) is 11.7. The summed E-state index contributed by atoms with van der Waals surface area (Å²) in [5.74, 6) is 0.545. The lowest BCUT2D eigenvalue weighted by atomic mass is 9.70. The molecule has 0 amide bonds. The molecule has 2 bridgehead atoms. The van der Waals surface area contributed by atoms with Crippen LogP contribution in [0.3, 0.4) is 0 Å². The number of rotatable bonds is 0. The highest BCUT2D eigenvalue weighted by Crippen LogP contribution is 2.66. The molecule has 1 heterocycles. The zero-order valence-corrected chi connectivity index (χ0v) is 12.3. The predicted molar refractivity (Wildman–Crippen MR) is 77.7 cm³/mol. The molecule has 4 rings (SSSR count). The molecule has 0 spiro atoms. The van der Waals surface area contributed by atoms with E-state index in [1.165, 1.54) is 24.2 Å². The number of benzene rings is 1. The van der Waals surface area contributed by atoms with Crippen molar-refractivity contribution >= 4 is 22.6 Å². The molecular weight excluding hydrogens is 256 g/mol. The Kier molecular flexibility index (Phi) is 2.02. The third-order valence-corrected chi connectivity index (χ3v) is 5.97. The van der Waals surface area contributed by atoms with Gasteiger partial charge < -0.3 is 0 Å². The highest BCUT2D eigenvalue weighted by molar-refractivity contribution is 6.31. The molecule has 1 aromatic heterocycles. The van der Waals surface area contributed by atoms with E-state index in [-0.39, 0.29) is 10.8 Å². The van der Waals surface area contributed by atoms with Crippen LogP contribution in [-0.2, 0) is 5.41 Å². The zero-order chi connectivity index (χ0) is 13.4. The fourth-order valence-corrected chi connectivity index (χ4v) is 4.26. The highest BCUT2D eigenvalue weighted by Gasteiger charge is 2.61. The van der Waals surface area contributed by atoms with Gasteiger partial charge in [0.1, 0.15) is 0 Å². The SMILES string of the molecule is CC1(C)[C@H]2CC[C@@]1(C)c1nc3ccc(Cl)cc3nc12. The van der Waals surface area contributed by atoms with Crippen molar-refractivity contribution in [3.63, 3.8) is 0 Å². The van der Waals surface area contributed by atoms with Gasteiger partial charge in [-0.2, -0.15) is 0 Å². The topological polar surface area (TPSA) is 25.8 Å². The maximum absolute atomic E-state index is 6.06. The summed E-state index contributed by atoms with van der Waals surface area (Å²) in [4.78, 5) is 9.82. The van der Waals surface area contributed by atoms with Crippen molar-refractivity contribution in [1.82, 2.24) is 9.97 Å². The van der Waals surface area contributed by atoms with E-state index in [4.69, 9.17) is 21.6 Å². The molecule has 2 nitrogen and oxygen atoms in total. The maximum Gasteiger partial charge on any atom is 0.0905 e. The molecule has 2 aliphatic carbocycles. The normalized spacial score (nSPS) is 30.8. The van der Waals surface area contributed by atoms with E-state index in [1.54, 1.807) is 0 Å². The molecule has 1 aromatic carbocycles. The summed E-state index contributed by atoms with van der Waals surface area (Å²) in [5.41, 5.74) is 4.77. The molecule has 0 radical (unpaired) electrons. The van der Waals surface area contributed by atoms with Crippen LogP contribution in [0.4, 0.5) is 0 Å². The lowest BCUT2D eigenvalue weighted by Gasteiger charge is -2.34. The Labute approximate surface area is 118 Å². The molecule has 0 N–H and O–H groups in total. The van der Waals surface area contributed by atoms with Crippen LogP contribution in [-0.4, -0.2) is 9.97 Å². The minimum atomic E-state index is 0.174. The van der Waals surface area contributed by atoms with Crippen LogP contribution in [0.5, 0.6) is 0 Å². The Morgan fingerprint density at radius 1 is 1.16 bits per heavy atom. The fraction of sp³-hybridized carbons (Fsp3) is 0.500. The predicted octanol–water partition coefficient (Wildman–Crippen LogP) is 4.46. The van der Waals surface area contributed by atoms with Gasteiger partial charge in [-0.15, -0.1) is 0 Å². The molecule has 2 aromatic rings. The van der Waals surface area contributed by atoms with E-state index in [9.17, 15) is 0 Å². The summed E-state index contributed by atoms with van der Waals surface area (Å²) in [6.45, 7) is 7.09. The van der Waals surface area contributed by atoms with Crippen LogP contribution >= 0.6 is 11.6 Å². The number of nitrogens with zero attached hydrogens (tertiary/aromatic N) is 2. The number of fused-ring (bicyclic) bond motifs is 6. The molecule has 1 fully saturated rings. The van der Waals surface area contributed by atoms with Crippen LogP contribution in [0.1, 0.15) is 50.9 Å². The van der Waals surface area contributed by atoms with E-state index in [1.807, 2.05) is 18.2 Å². The van der Waals surface area contributed by atoms with Crippen LogP contribution in [0.15, 0.2) is 18.2 Å². The van der Waals surface area contributed by atoms with Crippen LogP contribution < -0.4 is 0 Å². The quantitative estimate of drug-likeness (QED) is 0.708. The van der Waals surface area contributed by atoms with Crippen molar-refractivity contribution in [3.05, 3.63) is 34.6 Å². The second-order valence-electron chi connectivity index (χ2n) is 6.74. The second kappa shape index (κ2) is 3.29. The minimum absolute atomic E-state index is 0.174. The van der Waals surface area contributed by atoms with Crippen molar-refractivity contribution in [1.29, 1.82) is 0 Å². The summed E-state index contributed by atoms with van der Waals surface area (Å²) >= 11 is 6.06. The number of hydrogen-bond acceptors (Lipinski definition) is 2. The van der Waals surface area contributed by atoms with Crippen LogP contribution in [0.25, 0.3) is 11.0 Å². The van der Waals surface area contributed by atoms with Crippen molar-refractivity contribution in [3.8, 4) is 0 Å². The average molecular weight is 273 g/mol. The molecule has 3 heteroatoms. The van der Waals surface area contributed by atoms with Gasteiger partial charge in [0, 0.05) is 16.4 Å². The third kappa shape index (κ3) is 1.24. The molecule has 0 aliphatic heterocycles. The van der Waals surface area contributed by atoms with Gasteiger partial charge in [0.05, 0.1) is 22.4 Å². The van der Waals surface area contributed by atoms with Crippen molar-refractivity contribution in [2.45, 2.75) is 44.9 Å². The minimum Gasteiger partial charge on any atom is -0.249 e. The number of aromatic nitrogens is 2. The van der Waals surface area contributed by atoms with Crippen molar-refractivity contribution in [2.24, 2.45) is 5.41 Å². The Balaban J connectivity index is 2.06. The molecule has 2 atom stereocenters. The fourth-order valence-electron chi connectivity index (χ4n) is 4.09. The lowest BCUT2D eigenvalue weighted by molar-refractivity contribution is 0.227. The number of halogens is 1. The van der Waals surface area contributed by atoms with E-state index in [2.05, 4.69) is 20.8 Å². The van der Waals surface area contributed by atoms with Gasteiger partial charge in [-0.3, -0.25) is 0 Å². The summed E-state index contributed by atoms with van der Waals surface area (Å²) in [6, 6.07) is 5.80. The Morgan fingerprint density at radius 3 is 2.74 bits per heavy atom. The van der Waals surface area contributed by atoms with E-state index >= 15 is 0 Å². The summed E-state index contributed by atoms with van der Waals surface area (Å²) in [6.07, 6.45) is 2.46. The smallest absolute Gasteiger partial charge is 0.0905 e. The van der Waals surface area contributed by atoms with Gasteiger partial charge in [-0.25, -0.2) is 9.97 Å². The summed E-state index contributed by atoms with van der Waals surface area (Å²) in [5, 5.41) is 0.732. The number of hydrogen-bond donors (Lipinski definition) is 0. The van der Waals surface area contributed by atoms with Gasteiger partial charge in [0.25, 0.3) is 0 Å².